The summed E-state index contributed by atoms with van der Waals surface area (Å²) < 4.78 is 16.1. The van der Waals surface area contributed by atoms with E-state index >= 15 is 4.39 Å². The third-order valence-corrected chi connectivity index (χ3v) is 11.5. The number of nitrogens with zero attached hydrogens (tertiary/aromatic N) is 1. The number of phenols is 1. The van der Waals surface area contributed by atoms with Crippen LogP contribution >= 0.6 is 0 Å². The zero-order valence-electron chi connectivity index (χ0n) is 28.1. The summed E-state index contributed by atoms with van der Waals surface area (Å²) in [7, 11) is 0. The topological polar surface area (TPSA) is 89.9 Å². The molecule has 0 spiro atoms. The molecule has 6 nitrogen and oxygen atoms in total. The van der Waals surface area contributed by atoms with Crippen LogP contribution in [0.25, 0.3) is 0 Å². The molecule has 7 atom stereocenters. The summed E-state index contributed by atoms with van der Waals surface area (Å²) in [4.78, 5) is 27.1. The van der Waals surface area contributed by atoms with Crippen LogP contribution in [-0.4, -0.2) is 52.3 Å². The zero-order chi connectivity index (χ0) is 32.8. The number of carbonyl (C=O) groups excluding carboxylic acids is 2. The van der Waals surface area contributed by atoms with Gasteiger partial charge in [0.2, 0.25) is 5.91 Å². The number of fused-ring (bicyclic) bond motifs is 5. The quantitative estimate of drug-likeness (QED) is 0.182. The number of aliphatic hydroxyl groups excluding tert-OH is 1. The van der Waals surface area contributed by atoms with E-state index in [1.54, 1.807) is 30.3 Å². The molecule has 0 radical (unpaired) electrons. The van der Waals surface area contributed by atoms with Crippen LogP contribution < -0.4 is 5.32 Å². The SMILES string of the molecule is CCCCCCCCN(CCCC[C@@H]1Cc2cc(O)ccc2C2C1C1CC[C@H](O)C1(C)C[C@@H]2F)C(=O)c1ccc(NC(C)=O)cc1. The van der Waals surface area contributed by atoms with Crippen molar-refractivity contribution in [2.75, 3.05) is 18.4 Å². The number of phenolic OH excluding ortho intramolecular Hbond substituents is 1. The summed E-state index contributed by atoms with van der Waals surface area (Å²) in [6, 6.07) is 12.6. The van der Waals surface area contributed by atoms with Gasteiger partial charge in [0.1, 0.15) is 11.9 Å². The molecule has 0 saturated heterocycles. The number of hydrogen-bond acceptors (Lipinski definition) is 4. The van der Waals surface area contributed by atoms with Gasteiger partial charge in [0.05, 0.1) is 6.10 Å². The number of halogens is 1. The molecule has 2 aromatic carbocycles. The first-order chi connectivity index (χ1) is 22.1. The molecule has 0 bridgehead atoms. The lowest BCUT2D eigenvalue weighted by Gasteiger charge is -2.54. The molecule has 0 aromatic heterocycles. The fraction of sp³-hybridized carbons (Fsp3) is 0.641. The number of anilines is 1. The minimum Gasteiger partial charge on any atom is -0.508 e. The van der Waals surface area contributed by atoms with E-state index in [0.717, 1.165) is 69.0 Å². The van der Waals surface area contributed by atoms with Crippen LogP contribution in [0.4, 0.5) is 10.1 Å². The molecule has 46 heavy (non-hydrogen) atoms. The van der Waals surface area contributed by atoms with E-state index in [4.69, 9.17) is 0 Å². The van der Waals surface area contributed by atoms with Gasteiger partial charge in [-0.25, -0.2) is 4.39 Å². The van der Waals surface area contributed by atoms with Crippen LogP contribution in [0.2, 0.25) is 0 Å². The highest BCUT2D eigenvalue weighted by Crippen LogP contribution is 2.63. The molecular formula is C39H55FN2O4. The third kappa shape index (κ3) is 7.61. The molecule has 252 valence electrons. The third-order valence-electron chi connectivity index (χ3n) is 11.5. The molecule has 2 saturated carbocycles. The van der Waals surface area contributed by atoms with Crippen molar-refractivity contribution < 1.29 is 24.2 Å². The number of rotatable bonds is 14. The number of unbranched alkanes of at least 4 members (excludes halogenated alkanes) is 6. The lowest BCUT2D eigenvalue weighted by molar-refractivity contribution is -0.114. The molecule has 3 aliphatic rings. The normalized spacial score (nSPS) is 28.2. The maximum Gasteiger partial charge on any atom is 0.253 e. The number of alkyl halides is 1. The van der Waals surface area contributed by atoms with Gasteiger partial charge in [-0.3, -0.25) is 9.59 Å². The lowest BCUT2D eigenvalue weighted by atomic mass is 9.51. The fourth-order valence-corrected chi connectivity index (χ4v) is 9.22. The van der Waals surface area contributed by atoms with Gasteiger partial charge in [-0.15, -0.1) is 0 Å². The minimum absolute atomic E-state index is 0.0216. The van der Waals surface area contributed by atoms with Gasteiger partial charge in [0, 0.05) is 37.2 Å². The predicted molar refractivity (Wildman–Crippen MR) is 182 cm³/mol. The van der Waals surface area contributed by atoms with Crippen molar-refractivity contribution in [3.8, 4) is 5.75 Å². The van der Waals surface area contributed by atoms with Crippen molar-refractivity contribution in [2.45, 2.75) is 122 Å². The number of carbonyl (C=O) groups is 2. The summed E-state index contributed by atoms with van der Waals surface area (Å²) in [5, 5.41) is 24.0. The highest BCUT2D eigenvalue weighted by molar-refractivity contribution is 5.95. The van der Waals surface area contributed by atoms with Crippen molar-refractivity contribution in [3.05, 3.63) is 59.2 Å². The Balaban J connectivity index is 1.26. The Labute approximate surface area is 275 Å². The molecule has 2 amide bonds. The van der Waals surface area contributed by atoms with E-state index in [1.165, 1.54) is 32.6 Å². The Morgan fingerprint density at radius 2 is 1.67 bits per heavy atom. The van der Waals surface area contributed by atoms with Crippen LogP contribution in [0, 0.1) is 23.2 Å². The van der Waals surface area contributed by atoms with E-state index in [2.05, 4.69) is 19.2 Å². The predicted octanol–water partition coefficient (Wildman–Crippen LogP) is 8.41. The molecule has 0 aliphatic heterocycles. The van der Waals surface area contributed by atoms with Crippen LogP contribution in [-0.2, 0) is 11.2 Å². The second kappa shape index (κ2) is 15.3. The minimum atomic E-state index is -1.01. The lowest BCUT2D eigenvalue weighted by Crippen LogP contribution is -2.51. The van der Waals surface area contributed by atoms with E-state index in [1.807, 2.05) is 17.0 Å². The monoisotopic (exact) mass is 634 g/mol. The van der Waals surface area contributed by atoms with E-state index < -0.39 is 12.3 Å². The smallest absolute Gasteiger partial charge is 0.253 e. The van der Waals surface area contributed by atoms with Crippen LogP contribution in [0.3, 0.4) is 0 Å². The summed E-state index contributed by atoms with van der Waals surface area (Å²) >= 11 is 0. The maximum atomic E-state index is 16.1. The Kier molecular flexibility index (Phi) is 11.5. The highest BCUT2D eigenvalue weighted by Gasteiger charge is 2.59. The number of amides is 2. The summed E-state index contributed by atoms with van der Waals surface area (Å²) in [6.45, 7) is 7.19. The van der Waals surface area contributed by atoms with Crippen LogP contribution in [0.1, 0.15) is 125 Å². The van der Waals surface area contributed by atoms with Crippen molar-refractivity contribution in [1.82, 2.24) is 4.90 Å². The molecule has 7 heteroatoms. The standard InChI is InChI=1S/C39H55FN2O4/c1-4-5-6-7-8-10-21-42(38(46)27-13-15-30(16-14-27)41-26(2)43)22-11-9-12-28-23-29-24-31(44)17-18-32(29)37-34(40)25-39(3)33(36(28)37)19-20-35(39)45/h13-18,24,28,33-37,44-45H,4-12,19-23,25H2,1-3H3,(H,41,43)/t28-,33?,34+,35+,36?,37?,39?/m1/s1. The van der Waals surface area contributed by atoms with Crippen molar-refractivity contribution in [3.63, 3.8) is 0 Å². The number of benzene rings is 2. The second-order valence-corrected chi connectivity index (χ2v) is 14.7. The van der Waals surface area contributed by atoms with E-state index in [9.17, 15) is 19.8 Å². The first kappa shape index (κ1) is 34.4. The van der Waals surface area contributed by atoms with Crippen LogP contribution in [0.15, 0.2) is 42.5 Å². The number of hydrogen-bond donors (Lipinski definition) is 3. The fourth-order valence-electron chi connectivity index (χ4n) is 9.22. The Morgan fingerprint density at radius 3 is 2.39 bits per heavy atom. The van der Waals surface area contributed by atoms with E-state index in [-0.39, 0.29) is 46.7 Å². The largest absolute Gasteiger partial charge is 0.508 e. The number of aromatic hydroxyl groups is 1. The number of nitrogens with one attached hydrogen (secondary N) is 1. The summed E-state index contributed by atoms with van der Waals surface area (Å²) in [6.07, 6.45) is 11.2. The van der Waals surface area contributed by atoms with Gasteiger partial charge in [0.15, 0.2) is 0 Å². The average Bonchev–Trinajstić information content (AvgIpc) is 3.32. The molecular weight excluding hydrogens is 579 g/mol. The Morgan fingerprint density at radius 1 is 0.978 bits per heavy atom. The first-order valence-corrected chi connectivity index (χ1v) is 17.9. The molecule has 2 aromatic rings. The first-order valence-electron chi connectivity index (χ1n) is 17.9. The Hall–Kier alpha value is -2.93. The highest BCUT2D eigenvalue weighted by atomic mass is 19.1. The molecule has 3 aliphatic carbocycles. The molecule has 3 N–H and O–H groups in total. The molecule has 5 rings (SSSR count). The van der Waals surface area contributed by atoms with Gasteiger partial charge in [-0.05, 0) is 116 Å². The average molecular weight is 635 g/mol. The zero-order valence-corrected chi connectivity index (χ0v) is 28.1. The summed E-state index contributed by atoms with van der Waals surface area (Å²) in [5.41, 5.74) is 3.04. The van der Waals surface area contributed by atoms with Crippen LogP contribution in [0.5, 0.6) is 5.75 Å². The molecule has 4 unspecified atom stereocenters. The van der Waals surface area contributed by atoms with Gasteiger partial charge in [0.25, 0.3) is 5.91 Å². The number of aliphatic hydroxyl groups is 1. The molecule has 0 heterocycles. The summed E-state index contributed by atoms with van der Waals surface area (Å²) in [5.74, 6) is 0.659. The second-order valence-electron chi connectivity index (χ2n) is 14.7. The van der Waals surface area contributed by atoms with E-state index in [0.29, 0.717) is 24.2 Å². The molecule has 2 fully saturated rings. The van der Waals surface area contributed by atoms with Crippen molar-refractivity contribution >= 4 is 17.5 Å². The maximum absolute atomic E-state index is 16.1. The van der Waals surface area contributed by atoms with Gasteiger partial charge < -0.3 is 20.4 Å². The van der Waals surface area contributed by atoms with Gasteiger partial charge >= 0.3 is 0 Å². The Bertz CT molecular complexity index is 1330. The van der Waals surface area contributed by atoms with Crippen molar-refractivity contribution in [2.24, 2.45) is 23.2 Å². The van der Waals surface area contributed by atoms with Crippen molar-refractivity contribution in [1.29, 1.82) is 0 Å². The van der Waals surface area contributed by atoms with Gasteiger partial charge in [-0.2, -0.15) is 0 Å². The van der Waals surface area contributed by atoms with Gasteiger partial charge in [-0.1, -0.05) is 58.4 Å².